The molecule has 68 valence electrons. The summed E-state index contributed by atoms with van der Waals surface area (Å²) in [4.78, 5) is 0. The van der Waals surface area contributed by atoms with Gasteiger partial charge in [-0.15, -0.1) is 0 Å². The first-order valence-electron chi connectivity index (χ1n) is 5.34. The minimum Gasteiger partial charge on any atom is -0.0683 e. The molecule has 0 nitrogen and oxygen atoms in total. The Morgan fingerprint density at radius 1 is 1.09 bits per heavy atom. The Kier molecular flexibility index (Phi) is 6.69. The maximum Gasteiger partial charge on any atom is -0.0391 e. The molecule has 2 unspecified atom stereocenters. The molecule has 2 atom stereocenters. The van der Waals surface area contributed by atoms with E-state index in [9.17, 15) is 0 Å². The highest BCUT2D eigenvalue weighted by atomic mass is 14.2. The molecule has 1 saturated carbocycles. The van der Waals surface area contributed by atoms with Crippen LogP contribution in [0.5, 0.6) is 0 Å². The van der Waals surface area contributed by atoms with Gasteiger partial charge in [0.25, 0.3) is 0 Å². The third-order valence-corrected chi connectivity index (χ3v) is 2.81. The van der Waals surface area contributed by atoms with Gasteiger partial charge in [-0.25, -0.2) is 0 Å². The van der Waals surface area contributed by atoms with Crippen LogP contribution < -0.4 is 0 Å². The third-order valence-electron chi connectivity index (χ3n) is 2.81. The lowest BCUT2D eigenvalue weighted by Gasteiger charge is -2.27. The molecule has 0 N–H and O–H groups in total. The van der Waals surface area contributed by atoms with Crippen molar-refractivity contribution in [2.45, 2.75) is 59.8 Å². The van der Waals surface area contributed by atoms with Gasteiger partial charge in [-0.05, 0) is 11.8 Å². The predicted octanol–water partition coefficient (Wildman–Crippen LogP) is 4.25. The van der Waals surface area contributed by atoms with Crippen molar-refractivity contribution in [1.29, 1.82) is 0 Å². The molecule has 0 aromatic heterocycles. The van der Waals surface area contributed by atoms with Crippen LogP contribution in [0.4, 0.5) is 0 Å². The van der Waals surface area contributed by atoms with Crippen LogP contribution in [0.1, 0.15) is 59.8 Å². The molecule has 11 heavy (non-hydrogen) atoms. The van der Waals surface area contributed by atoms with Crippen molar-refractivity contribution in [2.24, 2.45) is 11.8 Å². The first-order valence-corrected chi connectivity index (χ1v) is 5.34. The first kappa shape index (κ1) is 11.0. The fourth-order valence-corrected chi connectivity index (χ4v) is 2.00. The van der Waals surface area contributed by atoms with E-state index in [1.165, 1.54) is 32.1 Å². The second-order valence-corrected chi connectivity index (χ2v) is 3.43. The zero-order chi connectivity index (χ0) is 8.69. The van der Waals surface area contributed by atoms with E-state index in [4.69, 9.17) is 0 Å². The van der Waals surface area contributed by atoms with E-state index in [1.54, 1.807) is 0 Å². The van der Waals surface area contributed by atoms with Gasteiger partial charge in [-0.2, -0.15) is 0 Å². The van der Waals surface area contributed by atoms with Crippen molar-refractivity contribution in [1.82, 2.24) is 0 Å². The molecule has 0 heterocycles. The highest BCUT2D eigenvalue weighted by Gasteiger charge is 2.18. The normalized spacial score (nSPS) is 30.5. The van der Waals surface area contributed by atoms with Crippen LogP contribution in [0.3, 0.4) is 0 Å². The summed E-state index contributed by atoms with van der Waals surface area (Å²) in [5.41, 5.74) is 0. The molecule has 0 heteroatoms. The zero-order valence-electron chi connectivity index (χ0n) is 8.69. The second kappa shape index (κ2) is 6.69. The molecule has 0 bridgehead atoms. The van der Waals surface area contributed by atoms with E-state index in [1.807, 2.05) is 13.8 Å². The smallest absolute Gasteiger partial charge is 0.0391 e. The maximum atomic E-state index is 2.41. The van der Waals surface area contributed by atoms with E-state index >= 15 is 0 Å². The number of hydrogen-bond donors (Lipinski definition) is 0. The average molecular weight is 156 g/mol. The van der Waals surface area contributed by atoms with Gasteiger partial charge in [-0.1, -0.05) is 59.8 Å². The fraction of sp³-hybridized carbons (Fsp3) is 1.00. The highest BCUT2D eigenvalue weighted by Crippen LogP contribution is 2.31. The predicted molar refractivity (Wildman–Crippen MR) is 52.8 cm³/mol. The minimum atomic E-state index is 1.02. The molecule has 0 radical (unpaired) electrons. The fourth-order valence-electron chi connectivity index (χ4n) is 2.00. The Bertz CT molecular complexity index is 76.1. The van der Waals surface area contributed by atoms with Gasteiger partial charge in [0.05, 0.1) is 0 Å². The van der Waals surface area contributed by atoms with Crippen molar-refractivity contribution < 1.29 is 0 Å². The molecule has 0 amide bonds. The SMILES string of the molecule is CC.CCC1CCCCC1C. The van der Waals surface area contributed by atoms with Gasteiger partial charge in [0.1, 0.15) is 0 Å². The summed E-state index contributed by atoms with van der Waals surface area (Å²) in [7, 11) is 0. The molecule has 1 aliphatic rings. The van der Waals surface area contributed by atoms with Crippen molar-refractivity contribution in [3.05, 3.63) is 0 Å². The molecule has 0 aliphatic heterocycles. The van der Waals surface area contributed by atoms with Crippen molar-refractivity contribution in [3.8, 4) is 0 Å². The molecule has 1 fully saturated rings. The standard InChI is InChI=1S/C9H18.C2H6/c1-3-9-7-5-4-6-8(9)2;1-2/h8-9H,3-7H2,1-2H3;1-2H3. The lowest BCUT2D eigenvalue weighted by molar-refractivity contribution is 0.249. The van der Waals surface area contributed by atoms with Crippen molar-refractivity contribution in [3.63, 3.8) is 0 Å². The Balaban J connectivity index is 0.000000461. The van der Waals surface area contributed by atoms with E-state index in [0.717, 1.165) is 11.8 Å². The number of rotatable bonds is 1. The van der Waals surface area contributed by atoms with Crippen LogP contribution in [-0.4, -0.2) is 0 Å². The van der Waals surface area contributed by atoms with Crippen molar-refractivity contribution >= 4 is 0 Å². The van der Waals surface area contributed by atoms with E-state index in [2.05, 4.69) is 13.8 Å². The summed E-state index contributed by atoms with van der Waals surface area (Å²) < 4.78 is 0. The monoisotopic (exact) mass is 156 g/mol. The summed E-state index contributed by atoms with van der Waals surface area (Å²) in [5, 5.41) is 0. The van der Waals surface area contributed by atoms with Crippen molar-refractivity contribution in [2.75, 3.05) is 0 Å². The van der Waals surface area contributed by atoms with Crippen LogP contribution >= 0.6 is 0 Å². The summed E-state index contributed by atoms with van der Waals surface area (Å²) in [6, 6.07) is 0. The van der Waals surface area contributed by atoms with Crippen LogP contribution in [-0.2, 0) is 0 Å². The zero-order valence-corrected chi connectivity index (χ0v) is 8.69. The highest BCUT2D eigenvalue weighted by molar-refractivity contribution is 4.70. The summed E-state index contributed by atoms with van der Waals surface area (Å²) in [6.07, 6.45) is 7.36. The van der Waals surface area contributed by atoms with Gasteiger partial charge in [0, 0.05) is 0 Å². The number of hydrogen-bond acceptors (Lipinski definition) is 0. The van der Waals surface area contributed by atoms with E-state index in [0.29, 0.717) is 0 Å². The molecule has 1 rings (SSSR count). The molecular formula is C11H24. The molecule has 0 aromatic carbocycles. The second-order valence-electron chi connectivity index (χ2n) is 3.43. The lowest BCUT2D eigenvalue weighted by atomic mass is 9.79. The average Bonchev–Trinajstić information content (AvgIpc) is 2.09. The molecular weight excluding hydrogens is 132 g/mol. The third kappa shape index (κ3) is 3.79. The molecule has 0 saturated heterocycles. The lowest BCUT2D eigenvalue weighted by Crippen LogP contribution is -2.15. The van der Waals surface area contributed by atoms with Crippen LogP contribution in [0.2, 0.25) is 0 Å². The summed E-state index contributed by atoms with van der Waals surface area (Å²) in [6.45, 7) is 8.74. The molecule has 0 aromatic rings. The Morgan fingerprint density at radius 3 is 2.00 bits per heavy atom. The van der Waals surface area contributed by atoms with Gasteiger partial charge in [-0.3, -0.25) is 0 Å². The Labute approximate surface area is 72.4 Å². The largest absolute Gasteiger partial charge is 0.0683 e. The Morgan fingerprint density at radius 2 is 1.64 bits per heavy atom. The topological polar surface area (TPSA) is 0 Å². The van der Waals surface area contributed by atoms with Crippen LogP contribution in [0, 0.1) is 11.8 Å². The Hall–Kier alpha value is 0. The van der Waals surface area contributed by atoms with Gasteiger partial charge < -0.3 is 0 Å². The van der Waals surface area contributed by atoms with E-state index in [-0.39, 0.29) is 0 Å². The van der Waals surface area contributed by atoms with E-state index < -0.39 is 0 Å². The summed E-state index contributed by atoms with van der Waals surface area (Å²) >= 11 is 0. The quantitative estimate of drug-likeness (QED) is 0.532. The van der Waals surface area contributed by atoms with Gasteiger partial charge in [0.2, 0.25) is 0 Å². The van der Waals surface area contributed by atoms with Gasteiger partial charge in [0.15, 0.2) is 0 Å². The first-order chi connectivity index (χ1) is 5.34. The molecule has 0 spiro atoms. The van der Waals surface area contributed by atoms with Crippen LogP contribution in [0.15, 0.2) is 0 Å². The van der Waals surface area contributed by atoms with Gasteiger partial charge >= 0.3 is 0 Å². The van der Waals surface area contributed by atoms with Crippen LogP contribution in [0.25, 0.3) is 0 Å². The summed E-state index contributed by atoms with van der Waals surface area (Å²) in [5.74, 6) is 2.07. The minimum absolute atomic E-state index is 1.02. The molecule has 1 aliphatic carbocycles. The maximum absolute atomic E-state index is 2.41.